The van der Waals surface area contributed by atoms with Crippen LogP contribution in [-0.2, 0) is 16.1 Å². The number of carbonyl (C=O) groups is 3. The van der Waals surface area contributed by atoms with Gasteiger partial charge in [-0.3, -0.25) is 29.2 Å². The molecule has 2 fully saturated rings. The normalized spacial score (nSPS) is 22.8. The molecule has 2 aromatic rings. The molecule has 5 rings (SSSR count). The molecule has 2 saturated heterocycles. The van der Waals surface area contributed by atoms with Crippen molar-refractivity contribution in [3.63, 3.8) is 0 Å². The van der Waals surface area contributed by atoms with Crippen LogP contribution in [0.3, 0.4) is 0 Å². The van der Waals surface area contributed by atoms with Gasteiger partial charge in [0, 0.05) is 64.5 Å². The van der Waals surface area contributed by atoms with Gasteiger partial charge in [0.05, 0.1) is 11.3 Å². The van der Waals surface area contributed by atoms with E-state index in [0.29, 0.717) is 30.6 Å². The maximum atomic E-state index is 13.4. The lowest BCUT2D eigenvalue weighted by molar-refractivity contribution is -0.133. The van der Waals surface area contributed by atoms with Gasteiger partial charge in [0.1, 0.15) is 5.66 Å². The minimum absolute atomic E-state index is 0.0272. The number of rotatable bonds is 6. The summed E-state index contributed by atoms with van der Waals surface area (Å²) in [5.74, 6) is -0.0305. The zero-order valence-corrected chi connectivity index (χ0v) is 20.5. The number of hydrogen-bond acceptors (Lipinski definition) is 5. The molecule has 3 aliphatic rings. The Morgan fingerprint density at radius 3 is 2.57 bits per heavy atom. The molecule has 1 unspecified atom stereocenters. The van der Waals surface area contributed by atoms with E-state index in [9.17, 15) is 14.4 Å². The van der Waals surface area contributed by atoms with E-state index in [-0.39, 0.29) is 30.2 Å². The highest BCUT2D eigenvalue weighted by molar-refractivity contribution is 6.10. The number of anilines is 1. The van der Waals surface area contributed by atoms with Crippen molar-refractivity contribution >= 4 is 23.4 Å². The summed E-state index contributed by atoms with van der Waals surface area (Å²) in [7, 11) is 1.88. The topological polar surface area (TPSA) is 77.1 Å². The third-order valence-electron chi connectivity index (χ3n) is 7.95. The van der Waals surface area contributed by atoms with Crippen LogP contribution in [0.5, 0.6) is 0 Å². The van der Waals surface area contributed by atoms with Crippen molar-refractivity contribution in [1.82, 2.24) is 19.7 Å². The van der Waals surface area contributed by atoms with Crippen LogP contribution in [0.15, 0.2) is 48.8 Å². The van der Waals surface area contributed by atoms with Crippen molar-refractivity contribution in [2.24, 2.45) is 0 Å². The molecule has 184 valence electrons. The van der Waals surface area contributed by atoms with Crippen LogP contribution in [0.1, 0.15) is 54.9 Å². The maximum absolute atomic E-state index is 13.4. The molecule has 0 aliphatic carbocycles. The number of nitrogens with zero attached hydrogens (tertiary/aromatic N) is 5. The van der Waals surface area contributed by atoms with E-state index in [1.54, 1.807) is 15.9 Å². The molecule has 1 aromatic heterocycles. The first-order valence-corrected chi connectivity index (χ1v) is 12.5. The van der Waals surface area contributed by atoms with E-state index in [1.165, 1.54) is 5.56 Å². The molecule has 3 aliphatic heterocycles. The number of aromatic nitrogens is 1. The SMILES string of the molecule is CN(C(=O)CCN1C(=O)c2ccccc2N2C(=O)CCC12C)C1CCN(Cc2ccncc2)CC1. The van der Waals surface area contributed by atoms with Gasteiger partial charge in [-0.15, -0.1) is 0 Å². The zero-order chi connectivity index (χ0) is 24.6. The summed E-state index contributed by atoms with van der Waals surface area (Å²) < 4.78 is 0. The highest BCUT2D eigenvalue weighted by atomic mass is 16.2. The van der Waals surface area contributed by atoms with Crippen molar-refractivity contribution in [1.29, 1.82) is 0 Å². The quantitative estimate of drug-likeness (QED) is 0.642. The summed E-state index contributed by atoms with van der Waals surface area (Å²) in [5, 5.41) is 0. The number of amides is 3. The summed E-state index contributed by atoms with van der Waals surface area (Å²) in [6, 6.07) is 11.6. The molecule has 35 heavy (non-hydrogen) atoms. The van der Waals surface area contributed by atoms with Crippen molar-refractivity contribution in [3.8, 4) is 0 Å². The summed E-state index contributed by atoms with van der Waals surface area (Å²) in [6.45, 7) is 5.04. The second kappa shape index (κ2) is 9.41. The van der Waals surface area contributed by atoms with Crippen molar-refractivity contribution in [2.45, 2.75) is 57.3 Å². The van der Waals surface area contributed by atoms with Gasteiger partial charge in [0.25, 0.3) is 5.91 Å². The molecule has 1 atom stereocenters. The summed E-state index contributed by atoms with van der Waals surface area (Å²) >= 11 is 0. The fraction of sp³-hybridized carbons (Fsp3) is 0.481. The lowest BCUT2D eigenvalue weighted by Gasteiger charge is -2.48. The first kappa shape index (κ1) is 23.5. The smallest absolute Gasteiger partial charge is 0.257 e. The van der Waals surface area contributed by atoms with Gasteiger partial charge in [0.2, 0.25) is 11.8 Å². The standard InChI is InChI=1S/C27H33N5O3/c1-27-13-7-25(34)32(27)23-6-4-3-5-22(23)26(35)31(27)18-12-24(33)29(2)21-10-16-30(17-11-21)19-20-8-14-28-15-9-20/h3-6,8-9,14-15,21H,7,10-13,16-19H2,1-2H3. The number of piperidine rings is 1. The Morgan fingerprint density at radius 2 is 1.83 bits per heavy atom. The van der Waals surface area contributed by atoms with Gasteiger partial charge in [-0.25, -0.2) is 0 Å². The number of benzene rings is 1. The van der Waals surface area contributed by atoms with Crippen LogP contribution in [-0.4, -0.2) is 75.8 Å². The first-order valence-electron chi connectivity index (χ1n) is 12.5. The van der Waals surface area contributed by atoms with E-state index in [2.05, 4.69) is 9.88 Å². The highest BCUT2D eigenvalue weighted by Crippen LogP contribution is 2.44. The minimum Gasteiger partial charge on any atom is -0.343 e. The van der Waals surface area contributed by atoms with E-state index in [1.807, 2.05) is 61.6 Å². The maximum Gasteiger partial charge on any atom is 0.257 e. The Kier molecular flexibility index (Phi) is 6.32. The predicted molar refractivity (Wildman–Crippen MR) is 133 cm³/mol. The Hall–Kier alpha value is -3.26. The molecule has 0 spiro atoms. The second-order valence-corrected chi connectivity index (χ2v) is 10.0. The van der Waals surface area contributed by atoms with Gasteiger partial charge in [-0.1, -0.05) is 12.1 Å². The van der Waals surface area contributed by atoms with Gasteiger partial charge in [-0.2, -0.15) is 0 Å². The summed E-state index contributed by atoms with van der Waals surface area (Å²) in [4.78, 5) is 51.1. The van der Waals surface area contributed by atoms with Crippen molar-refractivity contribution < 1.29 is 14.4 Å². The number of hydrogen-bond donors (Lipinski definition) is 0. The third kappa shape index (κ3) is 4.31. The van der Waals surface area contributed by atoms with Crippen LogP contribution < -0.4 is 4.90 Å². The molecule has 4 heterocycles. The average Bonchev–Trinajstić information content (AvgIpc) is 3.19. The number of pyridine rings is 1. The van der Waals surface area contributed by atoms with E-state index < -0.39 is 5.66 Å². The largest absolute Gasteiger partial charge is 0.343 e. The number of para-hydroxylation sites is 1. The fourth-order valence-electron chi connectivity index (χ4n) is 5.84. The molecular formula is C27H33N5O3. The summed E-state index contributed by atoms with van der Waals surface area (Å²) in [5.41, 5.74) is 1.74. The van der Waals surface area contributed by atoms with Gasteiger partial charge < -0.3 is 9.80 Å². The number of carbonyl (C=O) groups excluding carboxylic acids is 3. The lowest BCUT2D eigenvalue weighted by atomic mass is 9.97. The second-order valence-electron chi connectivity index (χ2n) is 10.0. The molecule has 8 nitrogen and oxygen atoms in total. The highest BCUT2D eigenvalue weighted by Gasteiger charge is 2.52. The molecule has 3 amide bonds. The average molecular weight is 476 g/mol. The van der Waals surface area contributed by atoms with Crippen LogP contribution in [0.2, 0.25) is 0 Å². The van der Waals surface area contributed by atoms with Crippen LogP contribution in [0, 0.1) is 0 Å². The lowest BCUT2D eigenvalue weighted by Crippen LogP contribution is -2.62. The Bertz CT molecular complexity index is 1110. The Labute approximate surface area is 206 Å². The molecule has 8 heteroatoms. The van der Waals surface area contributed by atoms with Crippen molar-refractivity contribution in [2.75, 3.05) is 31.6 Å². The van der Waals surface area contributed by atoms with Gasteiger partial charge in [-0.05, 0) is 56.0 Å². The van der Waals surface area contributed by atoms with Crippen LogP contribution >= 0.6 is 0 Å². The van der Waals surface area contributed by atoms with Crippen LogP contribution in [0.25, 0.3) is 0 Å². The van der Waals surface area contributed by atoms with E-state index in [4.69, 9.17) is 0 Å². The van der Waals surface area contributed by atoms with E-state index >= 15 is 0 Å². The molecule has 0 bridgehead atoms. The molecule has 1 aromatic carbocycles. The Balaban J connectivity index is 1.20. The number of likely N-dealkylation sites (tertiary alicyclic amines) is 1. The van der Waals surface area contributed by atoms with Crippen molar-refractivity contribution in [3.05, 3.63) is 59.9 Å². The Morgan fingerprint density at radius 1 is 1.11 bits per heavy atom. The summed E-state index contributed by atoms with van der Waals surface area (Å²) in [6.07, 6.45) is 6.74. The molecule has 0 N–H and O–H groups in total. The monoisotopic (exact) mass is 475 g/mol. The fourth-order valence-corrected chi connectivity index (χ4v) is 5.84. The first-order chi connectivity index (χ1) is 16.9. The zero-order valence-electron chi connectivity index (χ0n) is 20.5. The number of fused-ring (bicyclic) bond motifs is 3. The molecule has 0 radical (unpaired) electrons. The van der Waals surface area contributed by atoms with Crippen LogP contribution in [0.4, 0.5) is 5.69 Å². The third-order valence-corrected chi connectivity index (χ3v) is 7.95. The van der Waals surface area contributed by atoms with E-state index in [0.717, 1.165) is 32.5 Å². The minimum atomic E-state index is -0.723. The van der Waals surface area contributed by atoms with Gasteiger partial charge in [0.15, 0.2) is 0 Å². The molecular weight excluding hydrogens is 442 g/mol. The molecule has 0 saturated carbocycles. The predicted octanol–water partition coefficient (Wildman–Crippen LogP) is 2.89. The van der Waals surface area contributed by atoms with Gasteiger partial charge >= 0.3 is 0 Å².